The number of rotatable bonds is 13. The standard InChI is InChI=1S/C19H22N4O3S.C19H21N3O4S/c1-3-22-18-10-17(9-8-16(18)12-21-22)23(27(2,25)26)13-14-4-6-15(7-5-14)19(24)11-20;1-4-21-18-11-17(10-9-16(18)12-20-21)22(27(3,24)25)13-14-5-7-15(8-6-14)19(23)26-2/h4-10,12H,3,11,13,20H2,1-2H3;5-12H,4,13H2,1-3H3. The maximum atomic E-state index is 12.4. The molecule has 0 fully saturated rings. The van der Waals surface area contributed by atoms with Gasteiger partial charge in [-0.25, -0.2) is 21.6 Å². The molecule has 0 aliphatic heterocycles. The number of anilines is 2. The van der Waals surface area contributed by atoms with Crippen LogP contribution in [0.15, 0.2) is 97.3 Å². The van der Waals surface area contributed by atoms with Gasteiger partial charge >= 0.3 is 5.97 Å². The molecular weight excluding hydrogens is 731 g/mol. The normalized spacial score (nSPS) is 11.6. The Hall–Kier alpha value is -5.58. The number of methoxy groups -OCH3 is 1. The first-order valence-electron chi connectivity index (χ1n) is 17.0. The van der Waals surface area contributed by atoms with Gasteiger partial charge in [0, 0.05) is 29.4 Å². The lowest BCUT2D eigenvalue weighted by Crippen LogP contribution is -2.29. The average Bonchev–Trinajstić information content (AvgIpc) is 3.78. The second-order valence-electron chi connectivity index (χ2n) is 12.5. The van der Waals surface area contributed by atoms with Gasteiger partial charge in [0.2, 0.25) is 20.0 Å². The molecule has 6 aromatic rings. The van der Waals surface area contributed by atoms with E-state index in [-0.39, 0.29) is 25.4 Å². The Balaban J connectivity index is 0.000000208. The molecule has 0 saturated carbocycles. The van der Waals surface area contributed by atoms with Gasteiger partial charge in [-0.15, -0.1) is 0 Å². The highest BCUT2D eigenvalue weighted by Crippen LogP contribution is 2.27. The lowest BCUT2D eigenvalue weighted by molar-refractivity contribution is 0.0600. The number of nitrogens with two attached hydrogens (primary N) is 1. The second-order valence-corrected chi connectivity index (χ2v) is 16.3. The number of hydrogen-bond acceptors (Lipinski definition) is 10. The highest BCUT2D eigenvalue weighted by Gasteiger charge is 2.21. The predicted octanol–water partition coefficient (Wildman–Crippen LogP) is 4.97. The smallest absolute Gasteiger partial charge is 0.337 e. The van der Waals surface area contributed by atoms with Crippen molar-refractivity contribution in [2.45, 2.75) is 40.0 Å². The molecule has 2 aromatic heterocycles. The second kappa shape index (κ2) is 16.6. The number of esters is 1. The van der Waals surface area contributed by atoms with Crippen molar-refractivity contribution in [3.63, 3.8) is 0 Å². The summed E-state index contributed by atoms with van der Waals surface area (Å²) >= 11 is 0. The number of sulfonamides is 2. The molecule has 284 valence electrons. The van der Waals surface area contributed by atoms with Gasteiger partial charge in [0.15, 0.2) is 5.78 Å². The van der Waals surface area contributed by atoms with E-state index in [9.17, 15) is 26.4 Å². The van der Waals surface area contributed by atoms with Crippen LogP contribution in [0.1, 0.15) is 45.7 Å². The number of fused-ring (bicyclic) bond motifs is 2. The molecule has 54 heavy (non-hydrogen) atoms. The summed E-state index contributed by atoms with van der Waals surface area (Å²) in [4.78, 5) is 23.2. The number of benzene rings is 4. The summed E-state index contributed by atoms with van der Waals surface area (Å²) in [6.07, 6.45) is 5.89. The van der Waals surface area contributed by atoms with E-state index < -0.39 is 26.0 Å². The van der Waals surface area contributed by atoms with Crippen molar-refractivity contribution >= 4 is 65.0 Å². The third kappa shape index (κ3) is 9.13. The summed E-state index contributed by atoms with van der Waals surface area (Å²) in [5.41, 5.74) is 10.7. The third-order valence-electron chi connectivity index (χ3n) is 8.72. The fourth-order valence-electron chi connectivity index (χ4n) is 5.84. The number of hydrogen-bond donors (Lipinski definition) is 1. The van der Waals surface area contributed by atoms with E-state index in [1.807, 2.05) is 47.5 Å². The van der Waals surface area contributed by atoms with Crippen LogP contribution in [0.2, 0.25) is 0 Å². The molecule has 2 N–H and O–H groups in total. The molecule has 0 amide bonds. The van der Waals surface area contributed by atoms with Crippen LogP contribution in [-0.4, -0.2) is 74.3 Å². The summed E-state index contributed by atoms with van der Waals surface area (Å²) in [5, 5.41) is 10.5. The highest BCUT2D eigenvalue weighted by atomic mass is 32.2. The Kier molecular flexibility index (Phi) is 12.2. The van der Waals surface area contributed by atoms with Crippen molar-refractivity contribution in [2.75, 3.05) is 34.8 Å². The molecule has 0 aliphatic carbocycles. The molecule has 0 bridgehead atoms. The van der Waals surface area contributed by atoms with Crippen molar-refractivity contribution in [1.29, 1.82) is 0 Å². The summed E-state index contributed by atoms with van der Waals surface area (Å²) in [5.74, 6) is -0.584. The minimum atomic E-state index is -3.51. The minimum Gasteiger partial charge on any atom is -0.465 e. The molecule has 0 unspecified atom stereocenters. The molecule has 0 aliphatic rings. The predicted molar refractivity (Wildman–Crippen MR) is 210 cm³/mol. The van der Waals surface area contributed by atoms with Crippen LogP contribution < -0.4 is 14.3 Å². The number of nitrogens with zero attached hydrogens (tertiary/aromatic N) is 6. The zero-order valence-corrected chi connectivity index (χ0v) is 32.3. The quantitative estimate of drug-likeness (QED) is 0.124. The van der Waals surface area contributed by atoms with Gasteiger partial charge in [-0.2, -0.15) is 10.2 Å². The highest BCUT2D eigenvalue weighted by molar-refractivity contribution is 7.92. The summed E-state index contributed by atoms with van der Waals surface area (Å²) in [6, 6.07) is 24.5. The topological polar surface area (TPSA) is 180 Å². The van der Waals surface area contributed by atoms with Gasteiger partial charge in [0.1, 0.15) is 0 Å². The van der Waals surface area contributed by atoms with E-state index in [1.54, 1.807) is 73.1 Å². The number of ether oxygens (including phenoxy) is 1. The zero-order chi connectivity index (χ0) is 39.2. The van der Waals surface area contributed by atoms with Crippen LogP contribution >= 0.6 is 0 Å². The Bertz CT molecular complexity index is 2320. The van der Waals surface area contributed by atoms with Crippen molar-refractivity contribution < 1.29 is 31.2 Å². The molecule has 2 heterocycles. The third-order valence-corrected chi connectivity index (χ3v) is 11.0. The van der Waals surface area contributed by atoms with Crippen LogP contribution in [0.3, 0.4) is 0 Å². The lowest BCUT2D eigenvalue weighted by atomic mass is 10.1. The van der Waals surface area contributed by atoms with Gasteiger partial charge in [0.05, 0.1) is 79.6 Å². The maximum Gasteiger partial charge on any atom is 0.337 e. The summed E-state index contributed by atoms with van der Waals surface area (Å²) < 4.78 is 60.7. The van der Waals surface area contributed by atoms with Crippen LogP contribution in [0, 0.1) is 0 Å². The van der Waals surface area contributed by atoms with Crippen LogP contribution in [0.4, 0.5) is 11.4 Å². The molecule has 0 spiro atoms. The first-order valence-corrected chi connectivity index (χ1v) is 20.7. The van der Waals surface area contributed by atoms with Crippen molar-refractivity contribution in [3.8, 4) is 0 Å². The van der Waals surface area contributed by atoms with E-state index in [4.69, 9.17) is 5.73 Å². The molecule has 4 aromatic carbocycles. The summed E-state index contributed by atoms with van der Waals surface area (Å²) in [6.45, 7) is 5.63. The Morgan fingerprint density at radius 3 is 1.43 bits per heavy atom. The van der Waals surface area contributed by atoms with Crippen molar-refractivity contribution in [3.05, 3.63) is 120 Å². The van der Waals surface area contributed by atoms with E-state index >= 15 is 0 Å². The van der Waals surface area contributed by atoms with Crippen molar-refractivity contribution in [1.82, 2.24) is 19.6 Å². The van der Waals surface area contributed by atoms with E-state index in [2.05, 4.69) is 14.9 Å². The Morgan fingerprint density at radius 2 is 1.07 bits per heavy atom. The monoisotopic (exact) mass is 773 g/mol. The molecule has 0 atom stereocenters. The SMILES string of the molecule is CCn1ncc2ccc(N(Cc3ccc(C(=O)CN)cc3)S(C)(=O)=O)cc21.CCn1ncc2ccc(N(Cc3ccc(C(=O)OC)cc3)S(C)(=O)=O)cc21. The largest absolute Gasteiger partial charge is 0.465 e. The Morgan fingerprint density at radius 1 is 0.667 bits per heavy atom. The number of ketones is 1. The van der Waals surface area contributed by atoms with Crippen LogP contribution in [-0.2, 0) is 51.0 Å². The van der Waals surface area contributed by atoms with E-state index in [1.165, 1.54) is 28.2 Å². The fraction of sp³-hybridized carbons (Fsp3) is 0.263. The number of carbonyl (C=O) groups is 2. The van der Waals surface area contributed by atoms with E-state index in [0.717, 1.165) is 32.9 Å². The van der Waals surface area contributed by atoms with E-state index in [0.29, 0.717) is 35.6 Å². The zero-order valence-electron chi connectivity index (χ0n) is 30.7. The van der Waals surface area contributed by atoms with Crippen molar-refractivity contribution in [2.24, 2.45) is 5.73 Å². The number of aromatic nitrogens is 4. The maximum absolute atomic E-state index is 12.4. The summed E-state index contributed by atoms with van der Waals surface area (Å²) in [7, 11) is -5.69. The average molecular weight is 774 g/mol. The fourth-order valence-corrected chi connectivity index (χ4v) is 7.60. The first-order chi connectivity index (χ1) is 25.7. The number of Topliss-reactive ketones (excluding diaryl/α,β-unsaturated/α-hetero) is 1. The van der Waals surface area contributed by atoms with Gasteiger partial charge in [-0.05, 0) is 73.5 Å². The van der Waals surface area contributed by atoms with Gasteiger partial charge in [-0.1, -0.05) is 36.4 Å². The van der Waals surface area contributed by atoms with Gasteiger partial charge < -0.3 is 10.5 Å². The molecule has 6 rings (SSSR count). The molecule has 0 saturated heterocycles. The Labute approximate surface area is 314 Å². The van der Waals surface area contributed by atoms with Gasteiger partial charge in [-0.3, -0.25) is 22.8 Å². The molecular formula is C38H43N7O7S2. The minimum absolute atomic E-state index is 0.0556. The first kappa shape index (κ1) is 39.6. The number of carbonyl (C=O) groups excluding carboxylic acids is 2. The van der Waals surface area contributed by atoms with Crippen LogP contribution in [0.5, 0.6) is 0 Å². The number of aryl methyl sites for hydroxylation is 2. The lowest BCUT2D eigenvalue weighted by Gasteiger charge is -2.23. The van der Waals surface area contributed by atoms with Crippen LogP contribution in [0.25, 0.3) is 21.8 Å². The van der Waals surface area contributed by atoms with Gasteiger partial charge in [0.25, 0.3) is 0 Å². The molecule has 0 radical (unpaired) electrons. The molecule has 14 nitrogen and oxygen atoms in total. The molecule has 16 heteroatoms.